The zero-order valence-electron chi connectivity index (χ0n) is 9.47. The van der Waals surface area contributed by atoms with Gasteiger partial charge in [0.2, 0.25) is 0 Å². The van der Waals surface area contributed by atoms with E-state index in [1.807, 2.05) is 12.1 Å². The molecule has 0 N–H and O–H groups in total. The summed E-state index contributed by atoms with van der Waals surface area (Å²) in [5, 5.41) is 0. The lowest BCUT2D eigenvalue weighted by Gasteiger charge is -2.00. The van der Waals surface area contributed by atoms with Crippen molar-refractivity contribution < 1.29 is 8.42 Å². The molecule has 0 aromatic heterocycles. The second-order valence-corrected chi connectivity index (χ2v) is 6.39. The Morgan fingerprint density at radius 1 is 1.31 bits per heavy atom. The van der Waals surface area contributed by atoms with Crippen molar-refractivity contribution in [1.29, 1.82) is 0 Å². The molecule has 0 unspecified atom stereocenters. The largest absolute Gasteiger partial charge is 0.288 e. The average molecular weight is 237 g/mol. The Balaban J connectivity index is 2.45. The van der Waals surface area contributed by atoms with Gasteiger partial charge in [-0.25, -0.2) is 8.42 Å². The van der Waals surface area contributed by atoms with Crippen molar-refractivity contribution in [2.75, 3.05) is 12.3 Å². The van der Waals surface area contributed by atoms with E-state index in [1.54, 1.807) is 12.1 Å². The summed E-state index contributed by atoms with van der Waals surface area (Å²) in [5.74, 6) is 0.502. The molecule has 0 saturated carbocycles. The highest BCUT2D eigenvalue weighted by Gasteiger charge is 2.30. The summed E-state index contributed by atoms with van der Waals surface area (Å²) < 4.78 is 23.7. The highest BCUT2D eigenvalue weighted by Crippen LogP contribution is 2.25. The Kier molecular flexibility index (Phi) is 2.84. The summed E-state index contributed by atoms with van der Waals surface area (Å²) in [6.45, 7) is 4.82. The number of fused-ring (bicyclic) bond motifs is 1. The van der Waals surface area contributed by atoms with Crippen LogP contribution in [0, 0.1) is 5.92 Å². The van der Waals surface area contributed by atoms with Crippen molar-refractivity contribution in [3.8, 4) is 0 Å². The van der Waals surface area contributed by atoms with E-state index in [4.69, 9.17) is 0 Å². The fraction of sp³-hybridized carbons (Fsp3) is 0.417. The lowest BCUT2D eigenvalue weighted by molar-refractivity contribution is 0.601. The maximum atomic E-state index is 11.8. The van der Waals surface area contributed by atoms with Gasteiger partial charge in [0.15, 0.2) is 9.84 Å². The molecule has 0 aliphatic carbocycles. The molecule has 1 aromatic carbocycles. The Morgan fingerprint density at radius 2 is 2.00 bits per heavy atom. The van der Waals surface area contributed by atoms with Crippen LogP contribution in [0.25, 0.3) is 0 Å². The molecule has 0 radical (unpaired) electrons. The van der Waals surface area contributed by atoms with Gasteiger partial charge in [0, 0.05) is 12.1 Å². The summed E-state index contributed by atoms with van der Waals surface area (Å²) in [6, 6.07) is 7.09. The molecule has 1 aliphatic heterocycles. The first kappa shape index (κ1) is 11.3. The number of benzene rings is 1. The summed E-state index contributed by atoms with van der Waals surface area (Å²) >= 11 is 0. The molecular weight excluding hydrogens is 222 g/mol. The minimum Gasteiger partial charge on any atom is -0.288 e. The van der Waals surface area contributed by atoms with Crippen LogP contribution in [0.3, 0.4) is 0 Å². The summed E-state index contributed by atoms with van der Waals surface area (Å²) in [7, 11) is -3.13. The van der Waals surface area contributed by atoms with Gasteiger partial charge in [-0.3, -0.25) is 4.99 Å². The van der Waals surface area contributed by atoms with Crippen LogP contribution in [0.5, 0.6) is 0 Å². The number of hydrogen-bond donors (Lipinski definition) is 0. The zero-order valence-corrected chi connectivity index (χ0v) is 10.3. The SMILES string of the molecule is CC(C)C/N=C1\CS(=O)(=O)c2ccccc21. The van der Waals surface area contributed by atoms with Crippen LogP contribution in [-0.4, -0.2) is 26.4 Å². The molecule has 1 aromatic rings. The Morgan fingerprint density at radius 3 is 2.69 bits per heavy atom. The molecule has 0 saturated heterocycles. The highest BCUT2D eigenvalue weighted by atomic mass is 32.2. The van der Waals surface area contributed by atoms with Crippen LogP contribution in [0.4, 0.5) is 0 Å². The predicted molar refractivity (Wildman–Crippen MR) is 64.7 cm³/mol. The molecule has 2 rings (SSSR count). The summed E-state index contributed by atoms with van der Waals surface area (Å²) in [4.78, 5) is 4.83. The molecule has 0 amide bonds. The molecule has 4 heteroatoms. The van der Waals surface area contributed by atoms with E-state index in [-0.39, 0.29) is 5.75 Å². The zero-order chi connectivity index (χ0) is 11.8. The minimum atomic E-state index is -3.13. The van der Waals surface area contributed by atoms with Gasteiger partial charge >= 0.3 is 0 Å². The van der Waals surface area contributed by atoms with E-state index in [0.29, 0.717) is 23.1 Å². The van der Waals surface area contributed by atoms with Crippen molar-refractivity contribution in [3.63, 3.8) is 0 Å². The maximum Gasteiger partial charge on any atom is 0.184 e. The Hall–Kier alpha value is -1.16. The molecule has 0 spiro atoms. The molecule has 0 atom stereocenters. The fourth-order valence-electron chi connectivity index (χ4n) is 1.74. The van der Waals surface area contributed by atoms with Crippen LogP contribution < -0.4 is 0 Å². The third-order valence-electron chi connectivity index (χ3n) is 2.51. The predicted octanol–water partition coefficient (Wildman–Crippen LogP) is 1.92. The van der Waals surface area contributed by atoms with Gasteiger partial charge in [-0.1, -0.05) is 32.0 Å². The van der Waals surface area contributed by atoms with Crippen LogP contribution in [0.2, 0.25) is 0 Å². The van der Waals surface area contributed by atoms with Crippen molar-refractivity contribution in [1.82, 2.24) is 0 Å². The topological polar surface area (TPSA) is 46.5 Å². The fourth-order valence-corrected chi connectivity index (χ4v) is 3.30. The molecule has 1 heterocycles. The first-order valence-electron chi connectivity index (χ1n) is 5.36. The quantitative estimate of drug-likeness (QED) is 0.789. The maximum absolute atomic E-state index is 11.8. The third kappa shape index (κ3) is 2.02. The number of rotatable bonds is 2. The van der Waals surface area contributed by atoms with E-state index in [0.717, 1.165) is 5.56 Å². The van der Waals surface area contributed by atoms with Gasteiger partial charge in [0.25, 0.3) is 0 Å². The smallest absolute Gasteiger partial charge is 0.184 e. The summed E-state index contributed by atoms with van der Waals surface area (Å²) in [6.07, 6.45) is 0. The van der Waals surface area contributed by atoms with Crippen molar-refractivity contribution in [2.45, 2.75) is 18.7 Å². The molecule has 86 valence electrons. The number of aliphatic imine (C=N–C) groups is 1. The lowest BCUT2D eigenvalue weighted by atomic mass is 10.1. The van der Waals surface area contributed by atoms with E-state index in [9.17, 15) is 8.42 Å². The molecule has 3 nitrogen and oxygen atoms in total. The van der Waals surface area contributed by atoms with Crippen molar-refractivity contribution in [2.24, 2.45) is 10.9 Å². The van der Waals surface area contributed by atoms with E-state index >= 15 is 0 Å². The van der Waals surface area contributed by atoms with E-state index in [2.05, 4.69) is 18.8 Å². The lowest BCUT2D eigenvalue weighted by Crippen LogP contribution is -2.07. The molecule has 1 aliphatic rings. The van der Waals surface area contributed by atoms with Gasteiger partial charge < -0.3 is 0 Å². The number of hydrogen-bond acceptors (Lipinski definition) is 3. The van der Waals surface area contributed by atoms with Crippen LogP contribution >= 0.6 is 0 Å². The molecular formula is C12H15NO2S. The first-order chi connectivity index (χ1) is 7.50. The Bertz CT molecular complexity index is 530. The third-order valence-corrected chi connectivity index (χ3v) is 4.19. The van der Waals surface area contributed by atoms with Crippen molar-refractivity contribution >= 4 is 15.5 Å². The monoisotopic (exact) mass is 237 g/mol. The number of nitrogens with zero attached hydrogens (tertiary/aromatic N) is 1. The van der Waals surface area contributed by atoms with E-state index < -0.39 is 9.84 Å². The van der Waals surface area contributed by atoms with Crippen LogP contribution in [-0.2, 0) is 9.84 Å². The second kappa shape index (κ2) is 4.01. The molecule has 0 bridgehead atoms. The van der Waals surface area contributed by atoms with Gasteiger partial charge in [-0.05, 0) is 12.0 Å². The highest BCUT2D eigenvalue weighted by molar-refractivity contribution is 7.92. The van der Waals surface area contributed by atoms with Crippen LogP contribution in [0.15, 0.2) is 34.2 Å². The molecule has 16 heavy (non-hydrogen) atoms. The Labute approximate surface area is 96.1 Å². The first-order valence-corrected chi connectivity index (χ1v) is 7.01. The van der Waals surface area contributed by atoms with Gasteiger partial charge in [-0.2, -0.15) is 0 Å². The van der Waals surface area contributed by atoms with Crippen LogP contribution in [0.1, 0.15) is 19.4 Å². The average Bonchev–Trinajstić information content (AvgIpc) is 2.49. The minimum absolute atomic E-state index is 0.0546. The number of sulfone groups is 1. The van der Waals surface area contributed by atoms with Gasteiger partial charge in [-0.15, -0.1) is 0 Å². The molecule has 0 fully saturated rings. The van der Waals surface area contributed by atoms with Gasteiger partial charge in [0.05, 0.1) is 16.4 Å². The summed E-state index contributed by atoms with van der Waals surface area (Å²) in [5.41, 5.74) is 1.49. The standard InChI is InChI=1S/C12H15NO2S/c1-9(2)7-13-11-8-16(14,15)12-6-4-3-5-10(11)12/h3-6,9H,7-8H2,1-2H3/b13-11+. The van der Waals surface area contributed by atoms with E-state index in [1.165, 1.54) is 0 Å². The second-order valence-electron chi connectivity index (χ2n) is 4.44. The van der Waals surface area contributed by atoms with Crippen molar-refractivity contribution in [3.05, 3.63) is 29.8 Å². The van der Waals surface area contributed by atoms with Gasteiger partial charge in [0.1, 0.15) is 0 Å². The normalized spacial score (nSPS) is 20.3.